The predicted octanol–water partition coefficient (Wildman–Crippen LogP) is 2.73. The molecule has 1 aliphatic heterocycles. The first kappa shape index (κ1) is 19.6. The zero-order valence-electron chi connectivity index (χ0n) is 18.3. The van der Waals surface area contributed by atoms with E-state index in [1.165, 1.54) is 12.8 Å². The van der Waals surface area contributed by atoms with Crippen molar-refractivity contribution in [3.05, 3.63) is 36.7 Å². The molecule has 9 heteroatoms. The molecule has 4 aromatic rings. The molecular formula is C23H28N8O. The number of aromatic nitrogens is 6. The molecule has 0 radical (unpaired) electrons. The summed E-state index contributed by atoms with van der Waals surface area (Å²) in [6.45, 7) is 3.89. The number of benzene rings is 1. The SMILES string of the molecule is Cn1nnc2ccc(-c3ccn4nc(NC5CCC(N6CCOCC6)CC5)ncc34)cc21. The maximum Gasteiger partial charge on any atom is 0.241 e. The van der Waals surface area contributed by atoms with Gasteiger partial charge in [0, 0.05) is 44.0 Å². The number of nitrogens with one attached hydrogen (secondary N) is 1. The van der Waals surface area contributed by atoms with Crippen LogP contribution in [0.1, 0.15) is 25.7 Å². The fourth-order valence-electron chi connectivity index (χ4n) is 5.12. The van der Waals surface area contributed by atoms with E-state index in [1.54, 1.807) is 4.68 Å². The van der Waals surface area contributed by atoms with Crippen LogP contribution in [0.15, 0.2) is 36.7 Å². The van der Waals surface area contributed by atoms with Gasteiger partial charge in [0.05, 0.1) is 30.4 Å². The summed E-state index contributed by atoms with van der Waals surface area (Å²) < 4.78 is 9.20. The second kappa shape index (κ2) is 8.14. The molecule has 3 aromatic heterocycles. The Balaban J connectivity index is 1.16. The summed E-state index contributed by atoms with van der Waals surface area (Å²) >= 11 is 0. The number of ether oxygens (including phenoxy) is 1. The maximum atomic E-state index is 5.50. The van der Waals surface area contributed by atoms with E-state index in [4.69, 9.17) is 9.84 Å². The maximum absolute atomic E-state index is 5.50. The highest BCUT2D eigenvalue weighted by molar-refractivity contribution is 5.87. The molecule has 1 aromatic carbocycles. The zero-order valence-corrected chi connectivity index (χ0v) is 18.3. The van der Waals surface area contributed by atoms with Crippen molar-refractivity contribution < 1.29 is 4.74 Å². The topological polar surface area (TPSA) is 85.4 Å². The summed E-state index contributed by atoms with van der Waals surface area (Å²) in [5.41, 5.74) is 5.10. The Kier molecular flexibility index (Phi) is 4.99. The van der Waals surface area contributed by atoms with E-state index >= 15 is 0 Å². The summed E-state index contributed by atoms with van der Waals surface area (Å²) in [7, 11) is 1.91. The average molecular weight is 433 g/mol. The lowest BCUT2D eigenvalue weighted by molar-refractivity contribution is 0.00790. The molecule has 6 rings (SSSR count). The van der Waals surface area contributed by atoms with Crippen molar-refractivity contribution in [2.75, 3.05) is 31.6 Å². The van der Waals surface area contributed by atoms with Gasteiger partial charge in [-0.15, -0.1) is 10.2 Å². The second-order valence-electron chi connectivity index (χ2n) is 8.86. The third-order valence-electron chi connectivity index (χ3n) is 6.93. The van der Waals surface area contributed by atoms with Crippen LogP contribution in [0.2, 0.25) is 0 Å². The van der Waals surface area contributed by atoms with E-state index in [-0.39, 0.29) is 0 Å². The zero-order chi connectivity index (χ0) is 21.5. The van der Waals surface area contributed by atoms with Gasteiger partial charge in [-0.25, -0.2) is 14.2 Å². The molecule has 0 atom stereocenters. The highest BCUT2D eigenvalue weighted by Gasteiger charge is 2.27. The molecule has 32 heavy (non-hydrogen) atoms. The number of nitrogens with zero attached hydrogens (tertiary/aromatic N) is 7. The second-order valence-corrected chi connectivity index (χ2v) is 8.86. The molecular weight excluding hydrogens is 404 g/mol. The summed E-state index contributed by atoms with van der Waals surface area (Å²) in [5.74, 6) is 0.695. The summed E-state index contributed by atoms with van der Waals surface area (Å²) in [6, 6.07) is 9.41. The number of hydrogen-bond donors (Lipinski definition) is 1. The fraction of sp³-hybridized carbons (Fsp3) is 0.478. The molecule has 4 heterocycles. The smallest absolute Gasteiger partial charge is 0.241 e. The normalized spacial score (nSPS) is 22.5. The molecule has 1 aliphatic carbocycles. The third kappa shape index (κ3) is 3.61. The van der Waals surface area contributed by atoms with Gasteiger partial charge in [-0.3, -0.25) is 4.90 Å². The van der Waals surface area contributed by atoms with Crippen LogP contribution in [-0.4, -0.2) is 72.9 Å². The molecule has 2 fully saturated rings. The molecule has 0 amide bonds. The molecule has 0 bridgehead atoms. The Morgan fingerprint density at radius 2 is 1.88 bits per heavy atom. The van der Waals surface area contributed by atoms with E-state index in [2.05, 4.69) is 43.7 Å². The molecule has 1 saturated carbocycles. The predicted molar refractivity (Wildman–Crippen MR) is 123 cm³/mol. The largest absolute Gasteiger partial charge is 0.379 e. The van der Waals surface area contributed by atoms with Crippen molar-refractivity contribution in [1.29, 1.82) is 0 Å². The summed E-state index contributed by atoms with van der Waals surface area (Å²) in [6.07, 6.45) is 8.66. The van der Waals surface area contributed by atoms with E-state index in [1.807, 2.05) is 30.0 Å². The first-order valence-electron chi connectivity index (χ1n) is 11.5. The molecule has 1 saturated heterocycles. The van der Waals surface area contributed by atoms with Crippen LogP contribution in [0.4, 0.5) is 5.95 Å². The van der Waals surface area contributed by atoms with Crippen LogP contribution in [0.3, 0.4) is 0 Å². The standard InChI is InChI=1S/C23H28N8O/c1-29-21-14-16(2-7-20(21)26-28-29)19-8-9-31-22(19)15-24-23(27-31)25-17-3-5-18(6-4-17)30-10-12-32-13-11-30/h2,7-9,14-15,17-18H,3-6,10-13H2,1H3,(H,25,27). The van der Waals surface area contributed by atoms with Crippen LogP contribution in [-0.2, 0) is 11.8 Å². The summed E-state index contributed by atoms with van der Waals surface area (Å²) in [4.78, 5) is 7.24. The molecule has 1 N–H and O–H groups in total. The van der Waals surface area contributed by atoms with Gasteiger partial charge in [-0.2, -0.15) is 0 Å². The number of anilines is 1. The lowest BCUT2D eigenvalue weighted by atomic mass is 9.90. The Labute approximate surface area is 186 Å². The quantitative estimate of drug-likeness (QED) is 0.531. The van der Waals surface area contributed by atoms with Gasteiger partial charge >= 0.3 is 0 Å². The highest BCUT2D eigenvalue weighted by atomic mass is 16.5. The van der Waals surface area contributed by atoms with Crippen molar-refractivity contribution in [2.24, 2.45) is 7.05 Å². The van der Waals surface area contributed by atoms with Crippen LogP contribution in [0.25, 0.3) is 27.7 Å². The average Bonchev–Trinajstić information content (AvgIpc) is 3.43. The van der Waals surface area contributed by atoms with Gasteiger partial charge in [0.1, 0.15) is 5.52 Å². The number of fused-ring (bicyclic) bond motifs is 2. The van der Waals surface area contributed by atoms with E-state index in [0.717, 1.165) is 66.8 Å². The van der Waals surface area contributed by atoms with Crippen LogP contribution >= 0.6 is 0 Å². The van der Waals surface area contributed by atoms with Gasteiger partial charge < -0.3 is 10.1 Å². The summed E-state index contributed by atoms with van der Waals surface area (Å²) in [5, 5.41) is 16.6. The third-order valence-corrected chi connectivity index (χ3v) is 6.93. The lowest BCUT2D eigenvalue weighted by Crippen LogP contribution is -2.46. The van der Waals surface area contributed by atoms with Gasteiger partial charge in [-0.05, 0) is 49.4 Å². The number of aryl methyl sites for hydroxylation is 1. The Hall–Kier alpha value is -3.04. The minimum Gasteiger partial charge on any atom is -0.379 e. The van der Waals surface area contributed by atoms with Crippen LogP contribution < -0.4 is 5.32 Å². The molecule has 9 nitrogen and oxygen atoms in total. The van der Waals surface area contributed by atoms with Crippen molar-refractivity contribution in [3.63, 3.8) is 0 Å². The van der Waals surface area contributed by atoms with Crippen LogP contribution in [0, 0.1) is 0 Å². The monoisotopic (exact) mass is 432 g/mol. The van der Waals surface area contributed by atoms with Crippen molar-refractivity contribution >= 4 is 22.5 Å². The van der Waals surface area contributed by atoms with Crippen molar-refractivity contribution in [1.82, 2.24) is 34.5 Å². The number of hydrogen-bond acceptors (Lipinski definition) is 7. The molecule has 0 spiro atoms. The van der Waals surface area contributed by atoms with E-state index < -0.39 is 0 Å². The Morgan fingerprint density at radius 1 is 1.03 bits per heavy atom. The van der Waals surface area contributed by atoms with Crippen molar-refractivity contribution in [2.45, 2.75) is 37.8 Å². The first-order valence-corrected chi connectivity index (χ1v) is 11.5. The Bertz CT molecular complexity index is 1230. The highest BCUT2D eigenvalue weighted by Crippen LogP contribution is 2.29. The first-order chi connectivity index (χ1) is 15.7. The number of morpholine rings is 1. The lowest BCUT2D eigenvalue weighted by Gasteiger charge is -2.38. The minimum atomic E-state index is 0.430. The molecule has 166 valence electrons. The van der Waals surface area contributed by atoms with Gasteiger partial charge in [0.2, 0.25) is 5.95 Å². The van der Waals surface area contributed by atoms with Crippen molar-refractivity contribution in [3.8, 4) is 11.1 Å². The minimum absolute atomic E-state index is 0.430. The molecule has 2 aliphatic rings. The van der Waals surface area contributed by atoms with Gasteiger partial charge in [-0.1, -0.05) is 11.3 Å². The van der Waals surface area contributed by atoms with Crippen LogP contribution in [0.5, 0.6) is 0 Å². The number of rotatable bonds is 4. The fourth-order valence-corrected chi connectivity index (χ4v) is 5.12. The van der Waals surface area contributed by atoms with E-state index in [9.17, 15) is 0 Å². The van der Waals surface area contributed by atoms with E-state index in [0.29, 0.717) is 18.0 Å². The van der Waals surface area contributed by atoms with Gasteiger partial charge in [0.25, 0.3) is 0 Å². The Morgan fingerprint density at radius 3 is 2.72 bits per heavy atom. The van der Waals surface area contributed by atoms with Gasteiger partial charge in [0.15, 0.2) is 0 Å². The molecule has 0 unspecified atom stereocenters.